The van der Waals surface area contributed by atoms with E-state index < -0.39 is 7.80 Å². The van der Waals surface area contributed by atoms with E-state index in [-0.39, 0.29) is 0 Å². The van der Waals surface area contributed by atoms with Crippen molar-refractivity contribution < 1.29 is 9.67 Å². The molecule has 3 heteroatoms. The Bertz CT molecular complexity index is 128. The van der Waals surface area contributed by atoms with Crippen LogP contribution in [0.5, 0.6) is 0 Å². The molecule has 1 N–H and O–H groups in total. The van der Waals surface area contributed by atoms with Crippen molar-refractivity contribution in [1.82, 2.24) is 0 Å². The molecule has 0 aromatic rings. The van der Waals surface area contributed by atoms with E-state index in [1.165, 1.54) is 0 Å². The van der Waals surface area contributed by atoms with Crippen LogP contribution in [-0.2, 0) is 4.57 Å². The van der Waals surface area contributed by atoms with E-state index in [2.05, 4.69) is 0 Å². The van der Waals surface area contributed by atoms with Gasteiger partial charge in [-0.25, -0.2) is 0 Å². The maximum Gasteiger partial charge on any atom is 0.350 e. The van der Waals surface area contributed by atoms with E-state index in [1.54, 1.807) is 6.08 Å². The zero-order chi connectivity index (χ0) is 5.28. The molecule has 0 bridgehead atoms. The third kappa shape index (κ3) is 1.00. The van der Waals surface area contributed by atoms with E-state index in [0.29, 0.717) is 18.1 Å². The Kier molecular flexibility index (Phi) is 1.11. The summed E-state index contributed by atoms with van der Waals surface area (Å²) in [6.07, 6.45) is 2.58. The van der Waals surface area contributed by atoms with Crippen molar-refractivity contribution in [2.75, 3.05) is 12.3 Å². The average Bonchev–Trinajstić information content (AvgIpc) is 1.87. The first-order chi connectivity index (χ1) is 3.29. The second kappa shape index (κ2) is 1.63. The molecule has 0 aromatic carbocycles. The van der Waals surface area contributed by atoms with Gasteiger partial charge in [0.1, 0.15) is 5.76 Å². The topological polar surface area (TPSA) is 37.3 Å². The fraction of sp³-hybridized carbons (Fsp3) is 0.500. The molecule has 1 atom stereocenters. The van der Waals surface area contributed by atoms with E-state index in [1.807, 2.05) is 0 Å². The average molecular weight is 117 g/mol. The normalized spacial score (nSPS) is 25.1. The zero-order valence-corrected chi connectivity index (χ0v) is 4.69. The third-order valence-electron chi connectivity index (χ3n) is 0.869. The molecule has 0 saturated heterocycles. The summed E-state index contributed by atoms with van der Waals surface area (Å²) in [4.78, 5) is 0. The predicted molar refractivity (Wildman–Crippen MR) is 28.1 cm³/mol. The van der Waals surface area contributed by atoms with E-state index in [9.17, 15) is 4.57 Å². The molecule has 1 rings (SSSR count). The molecule has 2 nitrogen and oxygen atoms in total. The summed E-state index contributed by atoms with van der Waals surface area (Å²) in [5.74, 6) is 0.293. The van der Waals surface area contributed by atoms with Crippen LogP contribution in [0.25, 0.3) is 0 Å². The van der Waals surface area contributed by atoms with Crippen LogP contribution in [0.4, 0.5) is 0 Å². The first-order valence-corrected chi connectivity index (χ1v) is 3.72. The van der Waals surface area contributed by atoms with Crippen molar-refractivity contribution in [3.05, 3.63) is 11.8 Å². The van der Waals surface area contributed by atoms with Crippen molar-refractivity contribution >= 4 is 7.80 Å². The molecule has 0 aliphatic carbocycles. The van der Waals surface area contributed by atoms with Gasteiger partial charge in [-0.15, -0.1) is 0 Å². The highest BCUT2D eigenvalue weighted by atomic mass is 31.1. The fourth-order valence-corrected chi connectivity index (χ4v) is 1.55. The summed E-state index contributed by atoms with van der Waals surface area (Å²) in [5, 5.41) is 8.58. The molecule has 0 saturated carbocycles. The molecule has 0 radical (unpaired) electrons. The van der Waals surface area contributed by atoms with E-state index in [0.717, 1.165) is 0 Å². The predicted octanol–water partition coefficient (Wildman–Crippen LogP) is 1.27. The lowest BCUT2D eigenvalue weighted by Crippen LogP contribution is -1.73. The van der Waals surface area contributed by atoms with Gasteiger partial charge in [0, 0.05) is 6.08 Å². The van der Waals surface area contributed by atoms with Gasteiger partial charge in [0.15, 0.2) is 6.16 Å². The molecule has 0 fully saturated rings. The molecule has 1 heterocycles. The van der Waals surface area contributed by atoms with Gasteiger partial charge >= 0.3 is 7.80 Å². The lowest BCUT2D eigenvalue weighted by Gasteiger charge is -1.72. The summed E-state index contributed by atoms with van der Waals surface area (Å²) >= 11 is 0. The van der Waals surface area contributed by atoms with Crippen LogP contribution in [-0.4, -0.2) is 17.4 Å². The number of hydrogen-bond donors (Lipinski definition) is 1. The molecular formula is C4H6O2P+. The van der Waals surface area contributed by atoms with Crippen LogP contribution >= 0.6 is 7.80 Å². The van der Waals surface area contributed by atoms with Crippen LogP contribution in [0.3, 0.4) is 0 Å². The molecule has 0 aromatic heterocycles. The lowest BCUT2D eigenvalue weighted by atomic mass is 10.5. The monoisotopic (exact) mass is 117 g/mol. The summed E-state index contributed by atoms with van der Waals surface area (Å²) < 4.78 is 10.4. The van der Waals surface area contributed by atoms with Crippen molar-refractivity contribution in [3.63, 3.8) is 0 Å². The first kappa shape index (κ1) is 4.79. The largest absolute Gasteiger partial charge is 0.508 e. The second-order valence-corrected chi connectivity index (χ2v) is 3.16. The van der Waals surface area contributed by atoms with Gasteiger partial charge in [-0.1, -0.05) is 4.57 Å². The number of aliphatic hydroxyl groups is 1. The molecule has 0 amide bonds. The lowest BCUT2D eigenvalue weighted by molar-refractivity contribution is 0.417. The number of allylic oxidation sites excluding steroid dienone is 2. The summed E-state index contributed by atoms with van der Waals surface area (Å²) in [5.41, 5.74) is 0. The summed E-state index contributed by atoms with van der Waals surface area (Å²) in [6, 6.07) is 0. The van der Waals surface area contributed by atoms with Gasteiger partial charge in [-0.05, 0) is 0 Å². The first-order valence-electron chi connectivity index (χ1n) is 2.09. The number of rotatable bonds is 0. The Morgan fingerprint density at radius 2 is 2.57 bits per heavy atom. The molecule has 0 spiro atoms. The van der Waals surface area contributed by atoms with Gasteiger partial charge in [-0.3, -0.25) is 0 Å². The molecule has 1 unspecified atom stereocenters. The van der Waals surface area contributed by atoms with Crippen LogP contribution in [0.15, 0.2) is 11.8 Å². The third-order valence-corrected chi connectivity index (χ3v) is 2.14. The molecular weight excluding hydrogens is 111 g/mol. The highest BCUT2D eigenvalue weighted by Gasteiger charge is 2.22. The quantitative estimate of drug-likeness (QED) is 0.485. The van der Waals surface area contributed by atoms with Gasteiger partial charge < -0.3 is 5.11 Å². The molecule has 7 heavy (non-hydrogen) atoms. The van der Waals surface area contributed by atoms with Gasteiger partial charge in [-0.2, -0.15) is 0 Å². The van der Waals surface area contributed by atoms with E-state index in [4.69, 9.17) is 5.11 Å². The Morgan fingerprint density at radius 3 is 2.71 bits per heavy atom. The van der Waals surface area contributed by atoms with Crippen LogP contribution in [0.1, 0.15) is 0 Å². The Morgan fingerprint density at radius 1 is 1.86 bits per heavy atom. The maximum absolute atomic E-state index is 10.4. The minimum absolute atomic E-state index is 0.293. The smallest absolute Gasteiger partial charge is 0.350 e. The minimum Gasteiger partial charge on any atom is -0.508 e. The Balaban J connectivity index is 2.58. The highest BCUT2D eigenvalue weighted by Crippen LogP contribution is 2.28. The van der Waals surface area contributed by atoms with E-state index >= 15 is 0 Å². The Hall–Kier alpha value is -0.360. The number of aliphatic hydroxyl groups excluding tert-OH is 1. The van der Waals surface area contributed by atoms with Crippen molar-refractivity contribution in [2.24, 2.45) is 0 Å². The maximum atomic E-state index is 10.4. The zero-order valence-electron chi connectivity index (χ0n) is 3.79. The van der Waals surface area contributed by atoms with Gasteiger partial charge in [0.05, 0.1) is 0 Å². The fourth-order valence-electron chi connectivity index (χ4n) is 0.517. The molecule has 1 aliphatic rings. The second-order valence-electron chi connectivity index (χ2n) is 1.52. The molecule has 1 aliphatic heterocycles. The minimum atomic E-state index is -1.10. The van der Waals surface area contributed by atoms with Crippen molar-refractivity contribution in [3.8, 4) is 0 Å². The number of hydrogen-bond acceptors (Lipinski definition) is 2. The van der Waals surface area contributed by atoms with Crippen LogP contribution in [0.2, 0.25) is 0 Å². The van der Waals surface area contributed by atoms with Crippen molar-refractivity contribution in [2.45, 2.75) is 0 Å². The Labute approximate surface area is 42.6 Å². The van der Waals surface area contributed by atoms with Gasteiger partial charge in [0.2, 0.25) is 6.16 Å². The summed E-state index contributed by atoms with van der Waals surface area (Å²) in [7, 11) is -1.10. The van der Waals surface area contributed by atoms with Crippen molar-refractivity contribution in [1.29, 1.82) is 0 Å². The molecule has 38 valence electrons. The standard InChI is InChI=1S/C4H5O2P/c5-4-1-2-7(6)3-4/h1H,2-3H2/p+1. The van der Waals surface area contributed by atoms with Crippen LogP contribution < -0.4 is 0 Å². The summed E-state index contributed by atoms with van der Waals surface area (Å²) in [6.45, 7) is 0. The SMILES string of the molecule is O=[P+]1CC=C(O)C1. The highest BCUT2D eigenvalue weighted by molar-refractivity contribution is 7.45. The van der Waals surface area contributed by atoms with Gasteiger partial charge in [0.25, 0.3) is 0 Å². The van der Waals surface area contributed by atoms with Crippen LogP contribution in [0, 0.1) is 0 Å².